The van der Waals surface area contributed by atoms with Gasteiger partial charge in [-0.05, 0) is 30.5 Å². The van der Waals surface area contributed by atoms with Crippen molar-refractivity contribution >= 4 is 23.6 Å². The van der Waals surface area contributed by atoms with Gasteiger partial charge in [0.2, 0.25) is 0 Å². The van der Waals surface area contributed by atoms with E-state index in [2.05, 4.69) is 6.07 Å². The van der Waals surface area contributed by atoms with Crippen LogP contribution in [0.2, 0.25) is 5.02 Å². The van der Waals surface area contributed by atoms with Crippen molar-refractivity contribution in [1.82, 2.24) is 9.80 Å². The summed E-state index contributed by atoms with van der Waals surface area (Å²) in [5.74, 6) is -0.948. The van der Waals surface area contributed by atoms with E-state index < -0.39 is 5.97 Å². The van der Waals surface area contributed by atoms with Crippen LogP contribution in [0.3, 0.4) is 0 Å². The van der Waals surface area contributed by atoms with Gasteiger partial charge >= 0.3 is 12.0 Å². The first kappa shape index (κ1) is 18.1. The van der Waals surface area contributed by atoms with Gasteiger partial charge in [-0.2, -0.15) is 5.26 Å². The van der Waals surface area contributed by atoms with E-state index in [4.69, 9.17) is 22.0 Å². The number of rotatable bonds is 5. The highest BCUT2D eigenvalue weighted by Crippen LogP contribution is 2.19. The van der Waals surface area contributed by atoms with Crippen LogP contribution >= 0.6 is 11.6 Å². The molecule has 0 aromatic heterocycles. The van der Waals surface area contributed by atoms with Gasteiger partial charge in [-0.3, -0.25) is 4.79 Å². The third-order valence-corrected chi connectivity index (χ3v) is 4.31. The van der Waals surface area contributed by atoms with E-state index in [-0.39, 0.29) is 24.9 Å². The van der Waals surface area contributed by atoms with Crippen LogP contribution < -0.4 is 0 Å². The molecular weight excluding hydrogens is 330 g/mol. The van der Waals surface area contributed by atoms with Crippen molar-refractivity contribution in [1.29, 1.82) is 5.26 Å². The predicted molar refractivity (Wildman–Crippen MR) is 89.4 cm³/mol. The average Bonchev–Trinajstić information content (AvgIpc) is 2.58. The highest BCUT2D eigenvalue weighted by atomic mass is 35.5. The smallest absolute Gasteiger partial charge is 0.320 e. The molecule has 1 N–H and O–H groups in total. The minimum atomic E-state index is -0.943. The fourth-order valence-corrected chi connectivity index (χ4v) is 2.94. The summed E-state index contributed by atoms with van der Waals surface area (Å²) in [5.41, 5.74) is 0.855. The minimum Gasteiger partial charge on any atom is -0.481 e. The van der Waals surface area contributed by atoms with Gasteiger partial charge in [-0.25, -0.2) is 4.79 Å². The number of aliphatic carboxylic acids is 1. The van der Waals surface area contributed by atoms with Crippen molar-refractivity contribution in [2.75, 3.05) is 19.6 Å². The maximum atomic E-state index is 12.7. The highest BCUT2D eigenvalue weighted by Gasteiger charge is 2.26. The lowest BCUT2D eigenvalue weighted by Crippen LogP contribution is -2.46. The molecule has 1 aliphatic rings. The van der Waals surface area contributed by atoms with Crippen molar-refractivity contribution in [3.8, 4) is 6.07 Å². The number of nitriles is 1. The number of benzene rings is 1. The second kappa shape index (κ2) is 8.55. The van der Waals surface area contributed by atoms with E-state index in [1.165, 1.54) is 4.90 Å². The summed E-state index contributed by atoms with van der Waals surface area (Å²) >= 11 is 5.98. The molecule has 0 radical (unpaired) electrons. The predicted octanol–water partition coefficient (Wildman–Crippen LogP) is 2.97. The largest absolute Gasteiger partial charge is 0.481 e. The molecule has 0 atom stereocenters. The van der Waals surface area contributed by atoms with Crippen LogP contribution in [-0.4, -0.2) is 46.5 Å². The van der Waals surface area contributed by atoms with Crippen LogP contribution in [0.25, 0.3) is 0 Å². The Labute approximate surface area is 146 Å². The third kappa shape index (κ3) is 5.14. The summed E-state index contributed by atoms with van der Waals surface area (Å²) < 4.78 is 0. The lowest BCUT2D eigenvalue weighted by atomic mass is 9.99. The van der Waals surface area contributed by atoms with E-state index in [1.807, 2.05) is 6.07 Å². The zero-order valence-electron chi connectivity index (χ0n) is 13.3. The summed E-state index contributed by atoms with van der Waals surface area (Å²) in [5, 5.41) is 18.4. The molecule has 7 heteroatoms. The Kier molecular flexibility index (Phi) is 6.44. The molecule has 2 rings (SSSR count). The Hall–Kier alpha value is -2.26. The molecule has 1 heterocycles. The Balaban J connectivity index is 2.06. The number of carbonyl (C=O) groups excluding carboxylic acids is 1. The monoisotopic (exact) mass is 349 g/mol. The van der Waals surface area contributed by atoms with E-state index in [0.29, 0.717) is 37.5 Å². The lowest BCUT2D eigenvalue weighted by Gasteiger charge is -2.34. The first-order valence-corrected chi connectivity index (χ1v) is 8.27. The molecule has 128 valence electrons. The van der Waals surface area contributed by atoms with Crippen LogP contribution in [0, 0.1) is 17.2 Å². The summed E-state index contributed by atoms with van der Waals surface area (Å²) in [6.07, 6.45) is 1.21. The van der Waals surface area contributed by atoms with Gasteiger partial charge in [-0.1, -0.05) is 23.7 Å². The van der Waals surface area contributed by atoms with E-state index >= 15 is 0 Å². The third-order valence-electron chi connectivity index (χ3n) is 4.08. The highest BCUT2D eigenvalue weighted by molar-refractivity contribution is 6.30. The van der Waals surface area contributed by atoms with E-state index in [1.54, 1.807) is 23.1 Å². The average molecular weight is 350 g/mol. The number of amides is 2. The topological polar surface area (TPSA) is 84.6 Å². The fourth-order valence-electron chi connectivity index (χ4n) is 2.73. The van der Waals surface area contributed by atoms with Crippen LogP contribution in [0.1, 0.15) is 24.8 Å². The number of hydrogen-bond donors (Lipinski definition) is 1. The number of hydrogen-bond acceptors (Lipinski definition) is 3. The van der Waals surface area contributed by atoms with Gasteiger partial charge in [-0.15, -0.1) is 0 Å². The van der Waals surface area contributed by atoms with Crippen molar-refractivity contribution in [3.63, 3.8) is 0 Å². The summed E-state index contributed by atoms with van der Waals surface area (Å²) in [6.45, 7) is 1.50. The molecule has 2 amide bonds. The van der Waals surface area contributed by atoms with Gasteiger partial charge in [0.15, 0.2) is 0 Å². The van der Waals surface area contributed by atoms with Gasteiger partial charge < -0.3 is 14.9 Å². The summed E-state index contributed by atoms with van der Waals surface area (Å²) in [4.78, 5) is 26.8. The van der Waals surface area contributed by atoms with E-state index in [9.17, 15) is 9.59 Å². The van der Waals surface area contributed by atoms with Crippen molar-refractivity contribution in [3.05, 3.63) is 34.9 Å². The van der Waals surface area contributed by atoms with Crippen LogP contribution in [0.15, 0.2) is 24.3 Å². The Morgan fingerprint density at radius 2 is 2.08 bits per heavy atom. The second-order valence-electron chi connectivity index (χ2n) is 5.87. The van der Waals surface area contributed by atoms with Crippen LogP contribution in [0.5, 0.6) is 0 Å². The molecule has 0 unspecified atom stereocenters. The second-order valence-corrected chi connectivity index (χ2v) is 6.30. The molecule has 1 saturated heterocycles. The normalized spacial score (nSPS) is 14.9. The number of carboxylic acid groups (broad SMARTS) is 1. The first-order valence-electron chi connectivity index (χ1n) is 7.89. The molecule has 0 aliphatic carbocycles. The Morgan fingerprint density at radius 3 is 2.67 bits per heavy atom. The molecule has 1 fully saturated rings. The number of carboxylic acids is 1. The molecule has 0 saturated carbocycles. The van der Waals surface area contributed by atoms with Crippen molar-refractivity contribution in [2.24, 2.45) is 5.92 Å². The first-order chi connectivity index (χ1) is 11.5. The molecule has 24 heavy (non-hydrogen) atoms. The Bertz CT molecular complexity index is 636. The lowest BCUT2D eigenvalue weighted by molar-refractivity contribution is -0.137. The van der Waals surface area contributed by atoms with Crippen LogP contribution in [0.4, 0.5) is 4.79 Å². The van der Waals surface area contributed by atoms with Gasteiger partial charge in [0.1, 0.15) is 0 Å². The molecule has 0 spiro atoms. The molecule has 1 aromatic carbocycles. The van der Waals surface area contributed by atoms with Crippen molar-refractivity contribution in [2.45, 2.75) is 25.8 Å². The number of urea groups is 1. The fraction of sp³-hybridized carbons (Fsp3) is 0.471. The molecule has 6 nitrogen and oxygen atoms in total. The van der Waals surface area contributed by atoms with Crippen LogP contribution in [-0.2, 0) is 11.3 Å². The minimum absolute atomic E-state index is 0.00514. The van der Waals surface area contributed by atoms with Crippen molar-refractivity contribution < 1.29 is 14.7 Å². The molecular formula is C17H20ClN3O3. The Morgan fingerprint density at radius 1 is 1.38 bits per heavy atom. The van der Waals surface area contributed by atoms with E-state index in [0.717, 1.165) is 5.56 Å². The van der Waals surface area contributed by atoms with Gasteiger partial charge in [0, 0.05) is 37.1 Å². The summed E-state index contributed by atoms with van der Waals surface area (Å²) in [7, 11) is 0. The maximum Gasteiger partial charge on any atom is 0.320 e. The zero-order chi connectivity index (χ0) is 17.5. The number of piperidine rings is 1. The number of nitrogens with zero attached hydrogens (tertiary/aromatic N) is 3. The zero-order valence-corrected chi connectivity index (χ0v) is 14.1. The molecule has 0 bridgehead atoms. The standard InChI is InChI=1S/C17H20ClN3O3/c18-15-3-1-2-14(10-15)12-21(9-6-16(22)23)17(24)20-7-4-13(11-19)5-8-20/h1-3,10,13H,4-9,12H2,(H,22,23). The quantitative estimate of drug-likeness (QED) is 0.885. The number of carbonyl (C=O) groups is 2. The van der Waals surface area contributed by atoms with Gasteiger partial charge in [0.25, 0.3) is 0 Å². The number of halogens is 1. The molecule has 1 aliphatic heterocycles. The summed E-state index contributed by atoms with van der Waals surface area (Å²) in [6, 6.07) is 9.22. The van der Waals surface area contributed by atoms with Gasteiger partial charge in [0.05, 0.1) is 12.5 Å². The maximum absolute atomic E-state index is 12.7. The SMILES string of the molecule is N#CC1CCN(C(=O)N(CCC(=O)O)Cc2cccc(Cl)c2)CC1. The molecule has 1 aromatic rings. The number of likely N-dealkylation sites (tertiary alicyclic amines) is 1.